The van der Waals surface area contributed by atoms with Gasteiger partial charge in [0, 0.05) is 17.0 Å². The van der Waals surface area contributed by atoms with Crippen LogP contribution in [0, 0.1) is 5.82 Å². The lowest BCUT2D eigenvalue weighted by Crippen LogP contribution is -2.16. The first-order chi connectivity index (χ1) is 6.18. The van der Waals surface area contributed by atoms with Crippen LogP contribution in [0.1, 0.15) is 16.8 Å². The van der Waals surface area contributed by atoms with Crippen LogP contribution in [0.15, 0.2) is 16.6 Å². The summed E-state index contributed by atoms with van der Waals surface area (Å²) in [5.41, 5.74) is 0.452. The number of benzene rings is 1. The van der Waals surface area contributed by atoms with Crippen molar-refractivity contribution >= 4 is 21.7 Å². The number of halogens is 2. The third-order valence-corrected chi connectivity index (χ3v) is 2.51. The third kappa shape index (κ3) is 1.46. The first kappa shape index (κ1) is 8.69. The van der Waals surface area contributed by atoms with Gasteiger partial charge in [-0.1, -0.05) is 0 Å². The Morgan fingerprint density at radius 2 is 2.23 bits per heavy atom. The van der Waals surface area contributed by atoms with Gasteiger partial charge < -0.3 is 4.74 Å². The summed E-state index contributed by atoms with van der Waals surface area (Å²) in [6.07, 6.45) is 0.358. The number of carbonyl (C=O) groups is 1. The normalized spacial score (nSPS) is 15.1. The van der Waals surface area contributed by atoms with Crippen molar-refractivity contribution in [2.75, 3.05) is 6.61 Å². The van der Waals surface area contributed by atoms with Crippen LogP contribution < -0.4 is 4.74 Å². The van der Waals surface area contributed by atoms with Gasteiger partial charge in [0.15, 0.2) is 5.78 Å². The fourth-order valence-corrected chi connectivity index (χ4v) is 1.95. The van der Waals surface area contributed by atoms with Gasteiger partial charge in [-0.15, -0.1) is 0 Å². The highest BCUT2D eigenvalue weighted by molar-refractivity contribution is 9.10. The van der Waals surface area contributed by atoms with Crippen LogP contribution in [-0.4, -0.2) is 12.4 Å². The molecule has 1 aliphatic rings. The topological polar surface area (TPSA) is 26.3 Å². The second kappa shape index (κ2) is 3.10. The summed E-state index contributed by atoms with van der Waals surface area (Å²) in [5, 5.41) is 0. The molecule has 1 heterocycles. The predicted octanol–water partition coefficient (Wildman–Crippen LogP) is 2.55. The Kier molecular flexibility index (Phi) is 2.07. The van der Waals surface area contributed by atoms with E-state index in [0.29, 0.717) is 28.8 Å². The maximum Gasteiger partial charge on any atom is 0.171 e. The van der Waals surface area contributed by atoms with Crippen LogP contribution in [-0.2, 0) is 0 Å². The average Bonchev–Trinajstić information content (AvgIpc) is 2.02. The number of ketones is 1. The zero-order valence-corrected chi connectivity index (χ0v) is 8.23. The predicted molar refractivity (Wildman–Crippen MR) is 48.5 cm³/mol. The van der Waals surface area contributed by atoms with Crippen LogP contribution >= 0.6 is 15.9 Å². The third-order valence-electron chi connectivity index (χ3n) is 1.88. The van der Waals surface area contributed by atoms with E-state index < -0.39 is 5.82 Å². The first-order valence-electron chi connectivity index (χ1n) is 3.83. The van der Waals surface area contributed by atoms with Crippen molar-refractivity contribution in [2.24, 2.45) is 0 Å². The lowest BCUT2D eigenvalue weighted by molar-refractivity contribution is 0.0932. The Labute approximate surface area is 82.8 Å². The highest BCUT2D eigenvalue weighted by atomic mass is 79.9. The molecule has 68 valence electrons. The molecule has 0 saturated carbocycles. The van der Waals surface area contributed by atoms with Gasteiger partial charge in [-0.2, -0.15) is 0 Å². The standard InChI is InChI=1S/C9H6BrFO2/c10-6-3-5(11)4-8-9(6)7(12)1-2-13-8/h3-4H,1-2H2. The van der Waals surface area contributed by atoms with E-state index >= 15 is 0 Å². The van der Waals surface area contributed by atoms with Crippen molar-refractivity contribution in [3.8, 4) is 5.75 Å². The summed E-state index contributed by atoms with van der Waals surface area (Å²) in [4.78, 5) is 11.4. The van der Waals surface area contributed by atoms with Gasteiger partial charge in [-0.05, 0) is 22.0 Å². The second-order valence-corrected chi connectivity index (χ2v) is 3.64. The first-order valence-corrected chi connectivity index (χ1v) is 4.63. The fraction of sp³-hybridized carbons (Fsp3) is 0.222. The van der Waals surface area contributed by atoms with Crippen molar-refractivity contribution in [3.05, 3.63) is 28.0 Å². The summed E-state index contributed by atoms with van der Waals surface area (Å²) in [5.74, 6) is -0.0726. The number of hydrogen-bond acceptors (Lipinski definition) is 2. The van der Waals surface area contributed by atoms with E-state index in [-0.39, 0.29) is 5.78 Å². The molecule has 0 saturated heterocycles. The van der Waals surface area contributed by atoms with Crippen LogP contribution in [0.5, 0.6) is 5.75 Å². The van der Waals surface area contributed by atoms with Crippen LogP contribution in [0.4, 0.5) is 4.39 Å². The van der Waals surface area contributed by atoms with E-state index in [4.69, 9.17) is 4.74 Å². The van der Waals surface area contributed by atoms with Crippen molar-refractivity contribution in [1.29, 1.82) is 0 Å². The van der Waals surface area contributed by atoms with Crippen molar-refractivity contribution in [3.63, 3.8) is 0 Å². The number of Topliss-reactive ketones (excluding diaryl/α,β-unsaturated/α-hetero) is 1. The summed E-state index contributed by atoms with van der Waals surface area (Å²) in [7, 11) is 0. The smallest absolute Gasteiger partial charge is 0.171 e. The minimum atomic E-state index is -0.402. The van der Waals surface area contributed by atoms with Crippen molar-refractivity contribution in [1.82, 2.24) is 0 Å². The molecule has 1 aliphatic heterocycles. The molecular formula is C9H6BrFO2. The van der Waals surface area contributed by atoms with Gasteiger partial charge in [0.05, 0.1) is 12.2 Å². The van der Waals surface area contributed by atoms with Crippen LogP contribution in [0.25, 0.3) is 0 Å². The molecule has 0 amide bonds. The summed E-state index contributed by atoms with van der Waals surface area (Å²) >= 11 is 3.13. The summed E-state index contributed by atoms with van der Waals surface area (Å²) < 4.78 is 18.5. The highest BCUT2D eigenvalue weighted by Gasteiger charge is 2.22. The second-order valence-electron chi connectivity index (χ2n) is 2.78. The number of hydrogen-bond donors (Lipinski definition) is 0. The molecule has 0 bridgehead atoms. The molecule has 13 heavy (non-hydrogen) atoms. The Morgan fingerprint density at radius 1 is 1.46 bits per heavy atom. The summed E-state index contributed by atoms with van der Waals surface area (Å²) in [6.45, 7) is 0.335. The minimum Gasteiger partial charge on any atom is -0.492 e. The number of carbonyl (C=O) groups excluding carboxylic acids is 1. The van der Waals surface area contributed by atoms with E-state index in [1.807, 2.05) is 0 Å². The molecule has 4 heteroatoms. The molecule has 1 aromatic rings. The molecule has 0 unspecified atom stereocenters. The number of rotatable bonds is 0. The lowest BCUT2D eigenvalue weighted by atomic mass is 10.1. The Morgan fingerprint density at radius 3 is 3.00 bits per heavy atom. The maximum absolute atomic E-state index is 12.9. The molecule has 0 aromatic heterocycles. The SMILES string of the molecule is O=C1CCOc2cc(F)cc(Br)c21. The van der Waals surface area contributed by atoms with Crippen LogP contribution in [0.2, 0.25) is 0 Å². The van der Waals surface area contributed by atoms with Crippen LogP contribution in [0.3, 0.4) is 0 Å². The van der Waals surface area contributed by atoms with Gasteiger partial charge in [0.25, 0.3) is 0 Å². The van der Waals surface area contributed by atoms with Gasteiger partial charge in [-0.25, -0.2) is 4.39 Å². The fourth-order valence-electron chi connectivity index (χ4n) is 1.31. The monoisotopic (exact) mass is 244 g/mol. The Balaban J connectivity index is 2.63. The van der Waals surface area contributed by atoms with Gasteiger partial charge in [0.1, 0.15) is 11.6 Å². The zero-order valence-electron chi connectivity index (χ0n) is 6.64. The van der Waals surface area contributed by atoms with E-state index in [9.17, 15) is 9.18 Å². The van der Waals surface area contributed by atoms with Crippen molar-refractivity contribution in [2.45, 2.75) is 6.42 Å². The molecule has 0 aliphatic carbocycles. The molecule has 0 fully saturated rings. The largest absolute Gasteiger partial charge is 0.492 e. The molecule has 0 radical (unpaired) electrons. The summed E-state index contributed by atoms with van der Waals surface area (Å²) in [6, 6.07) is 2.50. The number of fused-ring (bicyclic) bond motifs is 1. The Hall–Kier alpha value is -0.900. The van der Waals surface area contributed by atoms with Gasteiger partial charge >= 0.3 is 0 Å². The molecular weight excluding hydrogens is 239 g/mol. The maximum atomic E-state index is 12.9. The van der Waals surface area contributed by atoms with Gasteiger partial charge in [-0.3, -0.25) is 4.79 Å². The molecule has 0 atom stereocenters. The van der Waals surface area contributed by atoms with E-state index in [1.54, 1.807) is 0 Å². The highest BCUT2D eigenvalue weighted by Crippen LogP contribution is 2.32. The number of ether oxygens (including phenoxy) is 1. The van der Waals surface area contributed by atoms with E-state index in [1.165, 1.54) is 12.1 Å². The molecule has 2 rings (SSSR count). The molecule has 2 nitrogen and oxygen atoms in total. The minimum absolute atomic E-state index is 0.00637. The van der Waals surface area contributed by atoms with Gasteiger partial charge in [0.2, 0.25) is 0 Å². The Bertz CT molecular complexity index is 376. The average molecular weight is 245 g/mol. The van der Waals surface area contributed by atoms with E-state index in [0.717, 1.165) is 0 Å². The van der Waals surface area contributed by atoms with Crippen molar-refractivity contribution < 1.29 is 13.9 Å². The van der Waals surface area contributed by atoms with E-state index in [2.05, 4.69) is 15.9 Å². The quantitative estimate of drug-likeness (QED) is 0.702. The molecule has 0 N–H and O–H groups in total. The zero-order chi connectivity index (χ0) is 9.42. The lowest BCUT2D eigenvalue weighted by Gasteiger charge is -2.17. The molecule has 0 spiro atoms. The molecule has 1 aromatic carbocycles.